The normalized spacial score (nSPS) is 11.0. The molecule has 0 amide bonds. The second kappa shape index (κ2) is 6.52. The molecule has 0 spiro atoms. The topological polar surface area (TPSA) is 73.2 Å². The first-order chi connectivity index (χ1) is 13.8. The Balaban J connectivity index is 1.52. The van der Waals surface area contributed by atoms with Gasteiger partial charge in [-0.3, -0.25) is 4.98 Å². The van der Waals surface area contributed by atoms with Crippen molar-refractivity contribution in [3.8, 4) is 11.3 Å². The first kappa shape index (κ1) is 16.0. The van der Waals surface area contributed by atoms with Gasteiger partial charge in [-0.15, -0.1) is 15.2 Å². The number of benzene rings is 1. The fraction of sp³-hybridized carbons (Fsp3) is 0.0476. The van der Waals surface area contributed by atoms with Gasteiger partial charge in [-0.1, -0.05) is 24.8 Å². The van der Waals surface area contributed by atoms with Crippen molar-refractivity contribution in [2.75, 3.05) is 0 Å². The first-order valence-electron chi connectivity index (χ1n) is 8.69. The monoisotopic (exact) mass is 363 g/mol. The molecule has 5 rings (SSSR count). The van der Waals surface area contributed by atoms with E-state index in [1.54, 1.807) is 23.0 Å². The molecule has 0 radical (unpaired) electrons. The summed E-state index contributed by atoms with van der Waals surface area (Å²) in [7, 11) is 0. The highest BCUT2D eigenvalue weighted by Crippen LogP contribution is 2.20. The minimum Gasteiger partial charge on any atom is -0.361 e. The molecule has 28 heavy (non-hydrogen) atoms. The maximum atomic E-state index is 7.01. The van der Waals surface area contributed by atoms with Crippen molar-refractivity contribution >= 4 is 22.4 Å². The van der Waals surface area contributed by atoms with Crippen LogP contribution < -0.4 is 0 Å². The van der Waals surface area contributed by atoms with Crippen LogP contribution in [0.1, 0.15) is 11.4 Å². The molecule has 4 heterocycles. The smallest absolute Gasteiger partial charge is 0.269 e. The van der Waals surface area contributed by atoms with Crippen molar-refractivity contribution < 1.29 is 0 Å². The molecule has 0 aliphatic carbocycles. The second-order valence-corrected chi connectivity index (χ2v) is 6.33. The van der Waals surface area contributed by atoms with Crippen LogP contribution in [0.15, 0.2) is 67.0 Å². The summed E-state index contributed by atoms with van der Waals surface area (Å²) in [5.41, 5.74) is 4.36. The molecule has 132 valence electrons. The van der Waals surface area contributed by atoms with Crippen LogP contribution in [0.3, 0.4) is 0 Å². The lowest BCUT2D eigenvalue weighted by Gasteiger charge is -2.04. The van der Waals surface area contributed by atoms with Gasteiger partial charge in [0.15, 0.2) is 11.5 Å². The van der Waals surface area contributed by atoms with Crippen molar-refractivity contribution in [3.05, 3.63) is 89.8 Å². The SMILES string of the molecule is [C-]#[N+]c1ccc(-c2ccc3nnc(Cc4ccc5ncccc5c4)n3n2)cn1. The number of nitrogens with zero attached hydrogens (tertiary/aromatic N) is 7. The molecule has 0 N–H and O–H groups in total. The van der Waals surface area contributed by atoms with E-state index in [4.69, 9.17) is 6.57 Å². The summed E-state index contributed by atoms with van der Waals surface area (Å²) in [5, 5.41) is 14.3. The van der Waals surface area contributed by atoms with Gasteiger partial charge in [-0.05, 0) is 42.0 Å². The average Bonchev–Trinajstić information content (AvgIpc) is 3.16. The zero-order valence-electron chi connectivity index (χ0n) is 14.7. The van der Waals surface area contributed by atoms with E-state index in [0.717, 1.165) is 33.5 Å². The van der Waals surface area contributed by atoms with Crippen LogP contribution in [0.25, 0.3) is 32.7 Å². The molecule has 0 fully saturated rings. The van der Waals surface area contributed by atoms with Crippen LogP contribution in [0.2, 0.25) is 0 Å². The number of rotatable bonds is 3. The predicted octanol–water partition coefficient (Wildman–Crippen LogP) is 3.88. The number of fused-ring (bicyclic) bond motifs is 2. The molecule has 0 aliphatic heterocycles. The first-order valence-corrected chi connectivity index (χ1v) is 8.69. The minimum absolute atomic E-state index is 0.362. The molecule has 0 unspecified atom stereocenters. The second-order valence-electron chi connectivity index (χ2n) is 6.33. The van der Waals surface area contributed by atoms with Crippen molar-refractivity contribution in [2.24, 2.45) is 0 Å². The fourth-order valence-corrected chi connectivity index (χ4v) is 3.12. The molecular weight excluding hydrogens is 350 g/mol. The molecule has 0 bridgehead atoms. The fourth-order valence-electron chi connectivity index (χ4n) is 3.12. The Morgan fingerprint density at radius 1 is 0.964 bits per heavy atom. The van der Waals surface area contributed by atoms with Crippen molar-refractivity contribution in [3.63, 3.8) is 0 Å². The molecule has 0 atom stereocenters. The van der Waals surface area contributed by atoms with E-state index in [0.29, 0.717) is 17.9 Å². The highest BCUT2D eigenvalue weighted by molar-refractivity contribution is 5.79. The average molecular weight is 363 g/mol. The van der Waals surface area contributed by atoms with Gasteiger partial charge in [0, 0.05) is 23.6 Å². The molecule has 0 aliphatic rings. The van der Waals surface area contributed by atoms with E-state index in [-0.39, 0.29) is 0 Å². The van der Waals surface area contributed by atoms with Crippen LogP contribution in [-0.2, 0) is 6.42 Å². The molecule has 0 saturated heterocycles. The van der Waals surface area contributed by atoms with Gasteiger partial charge >= 0.3 is 0 Å². The lowest BCUT2D eigenvalue weighted by molar-refractivity contribution is 0.842. The largest absolute Gasteiger partial charge is 0.361 e. The number of pyridine rings is 2. The van der Waals surface area contributed by atoms with E-state index in [1.807, 2.05) is 42.5 Å². The summed E-state index contributed by atoms with van der Waals surface area (Å²) in [4.78, 5) is 11.8. The molecular formula is C21H13N7. The highest BCUT2D eigenvalue weighted by atomic mass is 15.4. The summed E-state index contributed by atoms with van der Waals surface area (Å²) in [6.07, 6.45) is 4.05. The van der Waals surface area contributed by atoms with Gasteiger partial charge in [0.1, 0.15) is 6.20 Å². The summed E-state index contributed by atoms with van der Waals surface area (Å²) in [5.74, 6) is 1.12. The van der Waals surface area contributed by atoms with E-state index in [9.17, 15) is 0 Å². The Bertz CT molecular complexity index is 1350. The Morgan fingerprint density at radius 2 is 1.93 bits per heavy atom. The quantitative estimate of drug-likeness (QED) is 0.455. The molecule has 5 aromatic rings. The van der Waals surface area contributed by atoms with Gasteiger partial charge in [0.05, 0.1) is 11.2 Å². The molecule has 1 aromatic carbocycles. The zero-order valence-corrected chi connectivity index (χ0v) is 14.7. The molecule has 0 saturated carbocycles. The molecule has 7 heteroatoms. The van der Waals surface area contributed by atoms with Crippen LogP contribution in [0, 0.1) is 6.57 Å². The highest BCUT2D eigenvalue weighted by Gasteiger charge is 2.11. The van der Waals surface area contributed by atoms with Crippen LogP contribution >= 0.6 is 0 Å². The number of hydrogen-bond acceptors (Lipinski definition) is 5. The maximum Gasteiger partial charge on any atom is 0.269 e. The van der Waals surface area contributed by atoms with E-state index < -0.39 is 0 Å². The Labute approximate surface area is 160 Å². The van der Waals surface area contributed by atoms with Crippen molar-refractivity contribution in [2.45, 2.75) is 6.42 Å². The van der Waals surface area contributed by atoms with Crippen LogP contribution in [0.5, 0.6) is 0 Å². The minimum atomic E-state index is 0.362. The number of aromatic nitrogens is 6. The van der Waals surface area contributed by atoms with Gasteiger partial charge in [0.2, 0.25) is 0 Å². The van der Waals surface area contributed by atoms with Crippen molar-refractivity contribution in [1.29, 1.82) is 0 Å². The lowest BCUT2D eigenvalue weighted by Crippen LogP contribution is -2.01. The Hall–Kier alpha value is -4.18. The van der Waals surface area contributed by atoms with E-state index in [2.05, 4.69) is 36.2 Å². The summed E-state index contributed by atoms with van der Waals surface area (Å²) in [6, 6.07) is 17.4. The Morgan fingerprint density at radius 3 is 2.79 bits per heavy atom. The Kier molecular flexibility index (Phi) is 3.73. The third-order valence-electron chi connectivity index (χ3n) is 4.52. The van der Waals surface area contributed by atoms with Crippen molar-refractivity contribution in [1.82, 2.24) is 29.8 Å². The maximum absolute atomic E-state index is 7.01. The number of hydrogen-bond donors (Lipinski definition) is 0. The summed E-state index contributed by atoms with van der Waals surface area (Å²) >= 11 is 0. The standard InChI is InChI=1S/C21H13N7/c1-22-19-8-5-16(13-24-19)18-7-9-20-25-26-21(28(20)27-18)12-14-4-6-17-15(11-14)3-2-10-23-17/h2-11,13H,12H2. The van der Waals surface area contributed by atoms with Gasteiger partial charge < -0.3 is 4.85 Å². The molecule has 4 aromatic heterocycles. The third-order valence-corrected chi connectivity index (χ3v) is 4.52. The van der Waals surface area contributed by atoms with E-state index >= 15 is 0 Å². The van der Waals surface area contributed by atoms with Gasteiger partial charge in [-0.25, -0.2) is 0 Å². The van der Waals surface area contributed by atoms with Crippen LogP contribution in [0.4, 0.5) is 5.82 Å². The van der Waals surface area contributed by atoms with Crippen LogP contribution in [-0.4, -0.2) is 29.8 Å². The van der Waals surface area contributed by atoms with Gasteiger partial charge in [0.25, 0.3) is 5.82 Å². The molecule has 7 nitrogen and oxygen atoms in total. The predicted molar refractivity (Wildman–Crippen MR) is 105 cm³/mol. The summed E-state index contributed by atoms with van der Waals surface area (Å²) < 4.78 is 1.76. The summed E-state index contributed by atoms with van der Waals surface area (Å²) in [6.45, 7) is 7.01. The lowest BCUT2D eigenvalue weighted by atomic mass is 10.1. The van der Waals surface area contributed by atoms with E-state index in [1.165, 1.54) is 0 Å². The zero-order chi connectivity index (χ0) is 18.9. The third kappa shape index (κ3) is 2.83. The van der Waals surface area contributed by atoms with Gasteiger partial charge in [-0.2, -0.15) is 9.61 Å².